The van der Waals surface area contributed by atoms with Crippen molar-refractivity contribution >= 4 is 17.6 Å². The van der Waals surface area contributed by atoms with E-state index in [1.807, 2.05) is 13.0 Å². The Balaban J connectivity index is 3.05. The van der Waals surface area contributed by atoms with E-state index in [0.29, 0.717) is 5.56 Å². The maximum Gasteiger partial charge on any atom is 0.303 e. The van der Waals surface area contributed by atoms with Gasteiger partial charge in [-0.05, 0) is 31.4 Å². The molecule has 94 valence electrons. The van der Waals surface area contributed by atoms with Gasteiger partial charge >= 0.3 is 5.97 Å². The molecule has 1 aromatic rings. The van der Waals surface area contributed by atoms with E-state index in [1.54, 1.807) is 6.92 Å². The number of hydrogen-bond acceptors (Lipinski definition) is 3. The van der Waals surface area contributed by atoms with Crippen LogP contribution in [0.4, 0.5) is 0 Å². The van der Waals surface area contributed by atoms with Gasteiger partial charge in [-0.2, -0.15) is 0 Å². The standard InChI is InChI=1S/C12H16ClNO3/c1-6-5-7(2)11(13)12(17)10(6)8(14)3-4-9(15)16/h5,8,17H,3-4,14H2,1-2H3,(H,15,16). The number of aryl methyl sites for hydroxylation is 2. The van der Waals surface area contributed by atoms with Crippen molar-refractivity contribution in [2.45, 2.75) is 32.7 Å². The van der Waals surface area contributed by atoms with Crippen LogP contribution >= 0.6 is 11.6 Å². The summed E-state index contributed by atoms with van der Waals surface area (Å²) in [5.41, 5.74) is 8.01. The normalized spacial score (nSPS) is 12.5. The minimum atomic E-state index is -0.907. The lowest BCUT2D eigenvalue weighted by molar-refractivity contribution is -0.137. The number of benzene rings is 1. The molecule has 1 unspecified atom stereocenters. The van der Waals surface area contributed by atoms with Gasteiger partial charge in [0, 0.05) is 18.0 Å². The molecule has 4 nitrogen and oxygen atoms in total. The highest BCUT2D eigenvalue weighted by molar-refractivity contribution is 6.32. The van der Waals surface area contributed by atoms with E-state index in [-0.39, 0.29) is 23.6 Å². The molecule has 4 N–H and O–H groups in total. The van der Waals surface area contributed by atoms with Gasteiger partial charge in [-0.25, -0.2) is 0 Å². The highest BCUT2D eigenvalue weighted by Crippen LogP contribution is 2.37. The first-order valence-corrected chi connectivity index (χ1v) is 5.68. The molecule has 0 amide bonds. The average Bonchev–Trinajstić information content (AvgIpc) is 2.23. The molecule has 0 bridgehead atoms. The van der Waals surface area contributed by atoms with Crippen LogP contribution in [0.5, 0.6) is 5.75 Å². The zero-order valence-corrected chi connectivity index (χ0v) is 10.6. The van der Waals surface area contributed by atoms with Crippen LogP contribution in [-0.2, 0) is 4.79 Å². The number of carboxylic acid groups (broad SMARTS) is 1. The maximum absolute atomic E-state index is 10.5. The number of hydrogen-bond donors (Lipinski definition) is 3. The minimum absolute atomic E-state index is 0.0362. The van der Waals surface area contributed by atoms with Crippen LogP contribution in [0.2, 0.25) is 5.02 Å². The predicted octanol–water partition coefficient (Wildman–Crippen LogP) is 2.53. The van der Waals surface area contributed by atoms with Crippen LogP contribution in [0.1, 0.15) is 35.6 Å². The Labute approximate surface area is 105 Å². The van der Waals surface area contributed by atoms with Gasteiger partial charge in [0.25, 0.3) is 0 Å². The highest BCUT2D eigenvalue weighted by atomic mass is 35.5. The summed E-state index contributed by atoms with van der Waals surface area (Å²) in [6.45, 7) is 3.61. The lowest BCUT2D eigenvalue weighted by Crippen LogP contribution is -2.14. The Morgan fingerprint density at radius 2 is 2.06 bits per heavy atom. The van der Waals surface area contributed by atoms with Gasteiger partial charge in [0.2, 0.25) is 0 Å². The molecule has 1 aromatic carbocycles. The van der Waals surface area contributed by atoms with Gasteiger partial charge in [-0.15, -0.1) is 0 Å². The molecule has 0 heterocycles. The van der Waals surface area contributed by atoms with E-state index in [1.165, 1.54) is 0 Å². The third kappa shape index (κ3) is 3.11. The molecular weight excluding hydrogens is 242 g/mol. The van der Waals surface area contributed by atoms with Gasteiger partial charge < -0.3 is 15.9 Å². The minimum Gasteiger partial charge on any atom is -0.506 e. The fraction of sp³-hybridized carbons (Fsp3) is 0.417. The van der Waals surface area contributed by atoms with Crippen LogP contribution in [0, 0.1) is 13.8 Å². The number of rotatable bonds is 4. The molecule has 0 aromatic heterocycles. The molecule has 0 fully saturated rings. The smallest absolute Gasteiger partial charge is 0.303 e. The topological polar surface area (TPSA) is 83.6 Å². The summed E-state index contributed by atoms with van der Waals surface area (Å²) in [4.78, 5) is 10.5. The fourth-order valence-electron chi connectivity index (χ4n) is 1.85. The molecule has 1 rings (SSSR count). The first-order chi connectivity index (χ1) is 7.84. The van der Waals surface area contributed by atoms with Gasteiger partial charge in [-0.1, -0.05) is 17.7 Å². The third-order valence-corrected chi connectivity index (χ3v) is 3.18. The van der Waals surface area contributed by atoms with E-state index in [2.05, 4.69) is 0 Å². The number of halogens is 1. The molecule has 0 saturated carbocycles. The lowest BCUT2D eigenvalue weighted by Gasteiger charge is -2.17. The summed E-state index contributed by atoms with van der Waals surface area (Å²) in [5, 5.41) is 18.8. The monoisotopic (exact) mass is 257 g/mol. The molecule has 0 spiro atoms. The molecule has 0 aliphatic heterocycles. The van der Waals surface area contributed by atoms with Crippen molar-refractivity contribution < 1.29 is 15.0 Å². The molecule has 0 saturated heterocycles. The van der Waals surface area contributed by atoms with Gasteiger partial charge in [0.05, 0.1) is 5.02 Å². The van der Waals surface area contributed by atoms with Gasteiger partial charge in [0.15, 0.2) is 0 Å². The van der Waals surface area contributed by atoms with E-state index in [0.717, 1.165) is 11.1 Å². The van der Waals surface area contributed by atoms with Gasteiger partial charge in [0.1, 0.15) is 5.75 Å². The third-order valence-electron chi connectivity index (χ3n) is 2.71. The lowest BCUT2D eigenvalue weighted by atomic mass is 9.95. The van der Waals surface area contributed by atoms with Crippen LogP contribution in [0.15, 0.2) is 6.07 Å². The number of phenols is 1. The van der Waals surface area contributed by atoms with E-state index >= 15 is 0 Å². The number of aromatic hydroxyl groups is 1. The number of carbonyl (C=O) groups is 1. The number of carboxylic acids is 1. The number of aliphatic carboxylic acids is 1. The largest absolute Gasteiger partial charge is 0.506 e. The molecule has 0 aliphatic rings. The second-order valence-electron chi connectivity index (χ2n) is 4.13. The van der Waals surface area contributed by atoms with Crippen LogP contribution in [0.3, 0.4) is 0 Å². The Morgan fingerprint density at radius 1 is 1.47 bits per heavy atom. The van der Waals surface area contributed by atoms with Crippen LogP contribution in [-0.4, -0.2) is 16.2 Å². The zero-order chi connectivity index (χ0) is 13.2. The average molecular weight is 258 g/mol. The summed E-state index contributed by atoms with van der Waals surface area (Å²) in [6.07, 6.45) is 0.231. The molecular formula is C12H16ClNO3. The first-order valence-electron chi connectivity index (χ1n) is 5.30. The van der Waals surface area contributed by atoms with Crippen LogP contribution < -0.4 is 5.73 Å². The SMILES string of the molecule is Cc1cc(C)c(C(N)CCC(=O)O)c(O)c1Cl. The quantitative estimate of drug-likeness (QED) is 0.774. The zero-order valence-electron chi connectivity index (χ0n) is 9.83. The molecule has 0 radical (unpaired) electrons. The second kappa shape index (κ2) is 5.38. The van der Waals surface area contributed by atoms with Gasteiger partial charge in [-0.3, -0.25) is 4.79 Å². The predicted molar refractivity (Wildman–Crippen MR) is 66.4 cm³/mol. The van der Waals surface area contributed by atoms with Crippen molar-refractivity contribution in [3.05, 3.63) is 27.8 Å². The fourth-order valence-corrected chi connectivity index (χ4v) is 2.01. The van der Waals surface area contributed by atoms with Crippen molar-refractivity contribution in [3.8, 4) is 5.75 Å². The highest BCUT2D eigenvalue weighted by Gasteiger charge is 2.18. The molecule has 1 atom stereocenters. The summed E-state index contributed by atoms with van der Waals surface area (Å²) < 4.78 is 0. The second-order valence-corrected chi connectivity index (χ2v) is 4.50. The first kappa shape index (κ1) is 13.8. The Bertz CT molecular complexity index is 446. The number of phenolic OH excluding ortho intramolecular Hbond substituents is 1. The molecule has 5 heteroatoms. The maximum atomic E-state index is 10.5. The summed E-state index contributed by atoms with van der Waals surface area (Å²) in [6, 6.07) is 1.31. The number of nitrogens with two attached hydrogens (primary N) is 1. The van der Waals surface area contributed by atoms with Crippen molar-refractivity contribution in [3.63, 3.8) is 0 Å². The summed E-state index contributed by atoms with van der Waals surface area (Å²) in [7, 11) is 0. The Morgan fingerprint density at radius 3 is 2.59 bits per heavy atom. The molecule has 17 heavy (non-hydrogen) atoms. The van der Waals surface area contributed by atoms with Crippen molar-refractivity contribution in [2.24, 2.45) is 5.73 Å². The van der Waals surface area contributed by atoms with Crippen LogP contribution in [0.25, 0.3) is 0 Å². The van der Waals surface area contributed by atoms with Crippen molar-refractivity contribution in [2.75, 3.05) is 0 Å². The van der Waals surface area contributed by atoms with Crippen molar-refractivity contribution in [1.29, 1.82) is 0 Å². The van der Waals surface area contributed by atoms with E-state index < -0.39 is 12.0 Å². The van der Waals surface area contributed by atoms with Crippen molar-refractivity contribution in [1.82, 2.24) is 0 Å². The Kier molecular flexibility index (Phi) is 4.37. The summed E-state index contributed by atoms with van der Waals surface area (Å²) in [5.74, 6) is -0.946. The Hall–Kier alpha value is -1.26. The summed E-state index contributed by atoms with van der Waals surface area (Å²) >= 11 is 5.94. The van der Waals surface area contributed by atoms with E-state index in [9.17, 15) is 9.90 Å². The molecule has 0 aliphatic carbocycles. The van der Waals surface area contributed by atoms with E-state index in [4.69, 9.17) is 22.4 Å².